The Morgan fingerprint density at radius 1 is 0.292 bits per heavy atom. The van der Waals surface area contributed by atoms with Crippen molar-refractivity contribution in [2.75, 3.05) is 12.3 Å². The van der Waals surface area contributed by atoms with Crippen molar-refractivity contribution in [3.63, 3.8) is 0 Å². The van der Waals surface area contributed by atoms with Gasteiger partial charge in [-0.15, -0.1) is 0 Å². The van der Waals surface area contributed by atoms with Crippen molar-refractivity contribution in [2.24, 2.45) is 0 Å². The van der Waals surface area contributed by atoms with Crippen molar-refractivity contribution in [3.05, 3.63) is 218 Å². The molecule has 0 fully saturated rings. The molecule has 0 aromatic heterocycles. The molecule has 0 unspecified atom stereocenters. The Balaban J connectivity index is 0.000000292. The number of hydrogen-bond donors (Lipinski definition) is 2. The molecule has 8 aromatic carbocycles. The van der Waals surface area contributed by atoms with E-state index in [0.29, 0.717) is 5.39 Å². The van der Waals surface area contributed by atoms with E-state index in [0.717, 1.165) is 12.1 Å². The Bertz CT molecular complexity index is 2550. The van der Waals surface area contributed by atoms with E-state index < -0.39 is 34.8 Å². The molecule has 2 N–H and O–H groups in total. The third-order valence-corrected chi connectivity index (χ3v) is 24.4. The van der Waals surface area contributed by atoms with Crippen LogP contribution in [0.3, 0.4) is 0 Å². The van der Waals surface area contributed by atoms with Crippen LogP contribution >= 0.6 is 14.5 Å². The van der Waals surface area contributed by atoms with Gasteiger partial charge in [0.15, 0.2) is 0 Å². The van der Waals surface area contributed by atoms with Crippen LogP contribution in [0.25, 0.3) is 10.8 Å². The molecule has 8 rings (SSSR count). The second kappa shape index (κ2) is 22.3. The van der Waals surface area contributed by atoms with E-state index in [-0.39, 0.29) is 15.2 Å². The zero-order chi connectivity index (χ0) is 45.6. The van der Waals surface area contributed by atoms with Gasteiger partial charge in [0.05, 0.1) is 9.79 Å². The predicted octanol–water partition coefficient (Wildman–Crippen LogP) is 10.5. The first kappa shape index (κ1) is 47.7. The van der Waals surface area contributed by atoms with Crippen LogP contribution in [-0.2, 0) is 20.2 Å². The summed E-state index contributed by atoms with van der Waals surface area (Å²) in [6, 6.07) is 75.8. The summed E-state index contributed by atoms with van der Waals surface area (Å²) in [7, 11) is -12.9. The summed E-state index contributed by atoms with van der Waals surface area (Å²) in [5.41, 5.74) is 0. The zero-order valence-electron chi connectivity index (χ0n) is 36.5. The summed E-state index contributed by atoms with van der Waals surface area (Å²) in [6.07, 6.45) is 11.6. The van der Waals surface area contributed by atoms with E-state index in [1.165, 1.54) is 113 Å². The SMILES string of the molecule is O=S(=O)(O)c1ccc2ccc(S(=O)(=O)O)cc2c1.c1ccc([PH](CCCCCCCCC[PH](c2ccccc2)(c2ccccc2)c2ccccc2)(c2ccccc2)c2ccccc2)cc1. The topological polar surface area (TPSA) is 109 Å². The zero-order valence-corrected chi connectivity index (χ0v) is 40.1. The van der Waals surface area contributed by atoms with Crippen LogP contribution in [-0.4, -0.2) is 38.3 Å². The molecule has 0 spiro atoms. The van der Waals surface area contributed by atoms with Gasteiger partial charge in [0.25, 0.3) is 20.2 Å². The quantitative estimate of drug-likeness (QED) is 0.0504. The number of benzene rings is 8. The second-order valence-corrected chi connectivity index (χ2v) is 27.5. The maximum absolute atomic E-state index is 10.9. The molecule has 0 aliphatic carbocycles. The molecular formula is C55H58O6P2S2. The predicted molar refractivity (Wildman–Crippen MR) is 279 cm³/mol. The van der Waals surface area contributed by atoms with E-state index >= 15 is 0 Å². The van der Waals surface area contributed by atoms with E-state index in [2.05, 4.69) is 182 Å². The van der Waals surface area contributed by atoms with E-state index in [9.17, 15) is 16.8 Å². The summed E-state index contributed by atoms with van der Waals surface area (Å²) in [5, 5.41) is 10.0. The van der Waals surface area contributed by atoms with Crippen LogP contribution in [0.5, 0.6) is 0 Å². The van der Waals surface area contributed by atoms with Crippen LogP contribution in [0.1, 0.15) is 44.9 Å². The number of rotatable bonds is 18. The van der Waals surface area contributed by atoms with Crippen LogP contribution in [0.2, 0.25) is 0 Å². The van der Waals surface area contributed by atoms with Gasteiger partial charge in [-0.25, -0.2) is 0 Å². The number of fused-ring (bicyclic) bond motifs is 1. The molecule has 0 atom stereocenters. The Morgan fingerprint density at radius 3 is 0.754 bits per heavy atom. The molecule has 0 radical (unpaired) electrons. The summed E-state index contributed by atoms with van der Waals surface area (Å²) in [6.45, 7) is 0. The summed E-state index contributed by atoms with van der Waals surface area (Å²) in [5.74, 6) is 0. The van der Waals surface area contributed by atoms with Gasteiger partial charge in [-0.2, -0.15) is 16.8 Å². The van der Waals surface area contributed by atoms with Crippen LogP contribution in [0.15, 0.2) is 228 Å². The Labute approximate surface area is 386 Å². The number of hydrogen-bond acceptors (Lipinski definition) is 4. The first-order valence-electron chi connectivity index (χ1n) is 22.3. The Morgan fingerprint density at radius 2 is 0.523 bits per heavy atom. The minimum absolute atomic E-state index is 0.278. The molecule has 0 saturated heterocycles. The first-order chi connectivity index (χ1) is 31.5. The third-order valence-electron chi connectivity index (χ3n) is 12.6. The van der Waals surface area contributed by atoms with Gasteiger partial charge in [0.2, 0.25) is 0 Å². The molecule has 8 aromatic rings. The normalized spacial score (nSPS) is 12.5. The first-order valence-corrected chi connectivity index (χ1v) is 29.6. The standard InChI is InChI=1S/C45H50P2.C10H8O6S2/c1(2-4-24-38-46(40-26-12-6-13-27-40,41-28-14-7-15-29-41)42-30-16-8-17-31-42)3-5-25-39-47(43-32-18-9-19-33-43,44-34-20-10-21-35-44)45-36-22-11-23-37-45;11-17(12,13)9-3-1-7-2-4-10(18(14,15)16)6-8(7)5-9/h6-23,26-37,46-47H,1-5,24-25,38-39H2;1-6H,(H,11,12,13)(H,14,15,16). The molecule has 0 saturated carbocycles. The van der Waals surface area contributed by atoms with Crippen LogP contribution in [0, 0.1) is 0 Å². The van der Waals surface area contributed by atoms with Crippen molar-refractivity contribution in [2.45, 2.75) is 54.7 Å². The average molecular weight is 941 g/mol. The number of unbranched alkanes of at least 4 members (excludes halogenated alkanes) is 6. The molecule has 0 heterocycles. The summed E-state index contributed by atoms with van der Waals surface area (Å²) < 4.78 is 61.5. The maximum atomic E-state index is 10.9. The molecule has 0 bridgehead atoms. The fourth-order valence-electron chi connectivity index (χ4n) is 9.39. The Kier molecular flexibility index (Phi) is 16.3. The van der Waals surface area contributed by atoms with E-state index in [4.69, 9.17) is 9.11 Å². The van der Waals surface area contributed by atoms with Gasteiger partial charge >= 0.3 is 286 Å². The van der Waals surface area contributed by atoms with Gasteiger partial charge in [0, 0.05) is 0 Å². The minimum atomic E-state index is -4.35. The van der Waals surface area contributed by atoms with Gasteiger partial charge in [-0.1, -0.05) is 12.1 Å². The van der Waals surface area contributed by atoms with Crippen molar-refractivity contribution in [1.82, 2.24) is 0 Å². The summed E-state index contributed by atoms with van der Waals surface area (Å²) in [4.78, 5) is -0.690. The van der Waals surface area contributed by atoms with E-state index in [1.54, 1.807) is 0 Å². The molecule has 0 aliphatic heterocycles. The second-order valence-electron chi connectivity index (χ2n) is 16.6. The van der Waals surface area contributed by atoms with E-state index in [1.807, 2.05) is 0 Å². The van der Waals surface area contributed by atoms with Gasteiger partial charge in [0.1, 0.15) is 0 Å². The molecule has 336 valence electrons. The Hall–Kier alpha value is -5.30. The molecule has 6 nitrogen and oxygen atoms in total. The van der Waals surface area contributed by atoms with Crippen molar-refractivity contribution < 1.29 is 25.9 Å². The van der Waals surface area contributed by atoms with Crippen molar-refractivity contribution >= 4 is 77.4 Å². The molecule has 65 heavy (non-hydrogen) atoms. The average Bonchev–Trinajstić information content (AvgIpc) is 3.34. The van der Waals surface area contributed by atoms with Gasteiger partial charge in [-0.3, -0.25) is 9.11 Å². The molecular weight excluding hydrogens is 883 g/mol. The monoisotopic (exact) mass is 940 g/mol. The van der Waals surface area contributed by atoms with Gasteiger partial charge in [-0.05, 0) is 35.0 Å². The van der Waals surface area contributed by atoms with Crippen LogP contribution in [0.4, 0.5) is 0 Å². The fourth-order valence-corrected chi connectivity index (χ4v) is 20.3. The van der Waals surface area contributed by atoms with Crippen molar-refractivity contribution in [3.8, 4) is 0 Å². The molecule has 10 heteroatoms. The summed E-state index contributed by atoms with van der Waals surface area (Å²) >= 11 is 0. The fraction of sp³-hybridized carbons (Fsp3) is 0.164. The molecule has 0 aliphatic rings. The van der Waals surface area contributed by atoms with Gasteiger partial charge < -0.3 is 0 Å². The van der Waals surface area contributed by atoms with Crippen molar-refractivity contribution in [1.29, 1.82) is 0 Å². The van der Waals surface area contributed by atoms with Crippen LogP contribution < -0.4 is 31.8 Å². The third kappa shape index (κ3) is 11.8. The molecule has 0 amide bonds.